The van der Waals surface area contributed by atoms with E-state index in [4.69, 9.17) is 0 Å². The zero-order chi connectivity index (χ0) is 20.9. The summed E-state index contributed by atoms with van der Waals surface area (Å²) in [4.78, 5) is 19.2. The molecule has 1 atom stereocenters. The fourth-order valence-corrected chi connectivity index (χ4v) is 4.77. The highest BCUT2D eigenvalue weighted by Crippen LogP contribution is 2.32. The van der Waals surface area contributed by atoms with Gasteiger partial charge in [-0.25, -0.2) is 0 Å². The van der Waals surface area contributed by atoms with Gasteiger partial charge < -0.3 is 4.90 Å². The molecule has 7 heteroatoms. The molecule has 1 aliphatic heterocycles. The average Bonchev–Trinajstić information content (AvgIpc) is 2.98. The van der Waals surface area contributed by atoms with E-state index in [1.165, 1.54) is 24.6 Å². The largest absolute Gasteiger partial charge is 0.342 e. The maximum absolute atomic E-state index is 13.1. The Kier molecular flexibility index (Phi) is 6.47. The normalized spacial score (nSPS) is 15.6. The lowest BCUT2D eigenvalue weighted by Gasteiger charge is -2.23. The zero-order valence-corrected chi connectivity index (χ0v) is 18.3. The Morgan fingerprint density at radius 2 is 1.70 bits per heavy atom. The Balaban J connectivity index is 1.67. The van der Waals surface area contributed by atoms with Crippen LogP contribution in [-0.4, -0.2) is 48.9 Å². The van der Waals surface area contributed by atoms with Crippen molar-refractivity contribution in [3.8, 4) is 17.1 Å². The van der Waals surface area contributed by atoms with E-state index in [0.29, 0.717) is 0 Å². The van der Waals surface area contributed by atoms with Crippen molar-refractivity contribution in [2.75, 3.05) is 13.1 Å². The van der Waals surface area contributed by atoms with Gasteiger partial charge in [0.1, 0.15) is 0 Å². The molecule has 1 fully saturated rings. The van der Waals surface area contributed by atoms with Gasteiger partial charge in [-0.1, -0.05) is 42.8 Å². The second-order valence-electron chi connectivity index (χ2n) is 7.66. The second kappa shape index (κ2) is 9.43. The van der Waals surface area contributed by atoms with Crippen LogP contribution in [-0.2, 0) is 4.79 Å². The molecule has 0 N–H and O–H groups in total. The first-order valence-corrected chi connectivity index (χ1v) is 11.4. The highest BCUT2D eigenvalue weighted by molar-refractivity contribution is 8.00. The topological polar surface area (TPSA) is 63.9 Å². The van der Waals surface area contributed by atoms with Crippen LogP contribution in [0.1, 0.15) is 38.2 Å². The zero-order valence-electron chi connectivity index (χ0n) is 17.5. The van der Waals surface area contributed by atoms with E-state index in [1.807, 2.05) is 36.1 Å². The lowest BCUT2D eigenvalue weighted by molar-refractivity contribution is -0.130. The van der Waals surface area contributed by atoms with Crippen LogP contribution >= 0.6 is 11.8 Å². The summed E-state index contributed by atoms with van der Waals surface area (Å²) in [6.45, 7) is 5.76. The summed E-state index contributed by atoms with van der Waals surface area (Å²) in [6.07, 6.45) is 8.11. The lowest BCUT2D eigenvalue weighted by atomic mass is 10.2. The van der Waals surface area contributed by atoms with Gasteiger partial charge in [0, 0.05) is 31.0 Å². The molecular weight excluding hydrogens is 394 g/mol. The molecule has 0 bridgehead atoms. The molecule has 1 aromatic carbocycles. The highest BCUT2D eigenvalue weighted by Gasteiger charge is 2.26. The van der Waals surface area contributed by atoms with Crippen LogP contribution in [0.3, 0.4) is 0 Å². The number of rotatable bonds is 5. The van der Waals surface area contributed by atoms with Crippen LogP contribution in [0.25, 0.3) is 17.1 Å². The number of pyridine rings is 1. The first-order chi connectivity index (χ1) is 14.6. The van der Waals surface area contributed by atoms with Crippen molar-refractivity contribution in [3.63, 3.8) is 0 Å². The number of likely N-dealkylation sites (tertiary alicyclic amines) is 1. The van der Waals surface area contributed by atoms with Crippen molar-refractivity contribution in [3.05, 3.63) is 54.4 Å². The van der Waals surface area contributed by atoms with Crippen molar-refractivity contribution in [2.24, 2.45) is 0 Å². The molecule has 6 nitrogen and oxygen atoms in total. The smallest absolute Gasteiger partial charge is 0.235 e. The van der Waals surface area contributed by atoms with Crippen LogP contribution in [0.5, 0.6) is 0 Å². The first-order valence-electron chi connectivity index (χ1n) is 10.5. The van der Waals surface area contributed by atoms with Gasteiger partial charge in [-0.3, -0.25) is 14.3 Å². The molecule has 30 heavy (non-hydrogen) atoms. The third kappa shape index (κ3) is 4.41. The number of nitrogens with zero attached hydrogens (tertiary/aromatic N) is 5. The Hall–Kier alpha value is -2.67. The maximum atomic E-state index is 13.1. The molecule has 1 unspecified atom stereocenters. The molecule has 4 rings (SSSR count). The molecule has 2 aromatic heterocycles. The number of hydrogen-bond acceptors (Lipinski definition) is 5. The number of amides is 1. The predicted molar refractivity (Wildman–Crippen MR) is 120 cm³/mol. The van der Waals surface area contributed by atoms with Crippen molar-refractivity contribution < 1.29 is 4.79 Å². The Morgan fingerprint density at radius 1 is 1.00 bits per heavy atom. The third-order valence-electron chi connectivity index (χ3n) is 5.48. The van der Waals surface area contributed by atoms with Crippen LogP contribution < -0.4 is 0 Å². The average molecular weight is 422 g/mol. The summed E-state index contributed by atoms with van der Waals surface area (Å²) in [6, 6.07) is 12.0. The van der Waals surface area contributed by atoms with E-state index in [1.54, 1.807) is 12.4 Å². The van der Waals surface area contributed by atoms with Gasteiger partial charge >= 0.3 is 0 Å². The van der Waals surface area contributed by atoms with Crippen molar-refractivity contribution in [2.45, 2.75) is 49.9 Å². The standard InChI is InChI=1S/C23H27N5OS/c1-17-9-5-6-10-20(17)28-21(19-11-13-24-14-12-19)25-26-23(28)30-18(2)22(29)27-15-7-3-4-8-16-27/h5-6,9-14,18H,3-4,7-8,15-16H2,1-2H3. The number of benzene rings is 1. The number of aryl methyl sites for hydroxylation is 1. The molecule has 1 amide bonds. The first kappa shape index (κ1) is 20.6. The number of carbonyl (C=O) groups excluding carboxylic acids is 1. The summed E-state index contributed by atoms with van der Waals surface area (Å²) in [5.74, 6) is 0.940. The van der Waals surface area contributed by atoms with Crippen LogP contribution in [0.2, 0.25) is 0 Å². The Morgan fingerprint density at radius 3 is 2.40 bits per heavy atom. The quantitative estimate of drug-likeness (QED) is 0.567. The molecule has 1 saturated heterocycles. The SMILES string of the molecule is Cc1ccccc1-n1c(SC(C)C(=O)N2CCCCCC2)nnc1-c1ccncc1. The lowest BCUT2D eigenvalue weighted by Crippen LogP contribution is -2.37. The van der Waals surface area contributed by atoms with Gasteiger partial charge in [-0.05, 0) is 50.5 Å². The minimum atomic E-state index is -0.222. The molecule has 156 valence electrons. The number of carbonyl (C=O) groups is 1. The molecular formula is C23H27N5OS. The van der Waals surface area contributed by atoms with Gasteiger partial charge in [-0.15, -0.1) is 10.2 Å². The molecule has 0 saturated carbocycles. The summed E-state index contributed by atoms with van der Waals surface area (Å²) in [7, 11) is 0. The van der Waals surface area contributed by atoms with E-state index >= 15 is 0 Å². The van der Waals surface area contributed by atoms with Crippen LogP contribution in [0.15, 0.2) is 53.9 Å². The maximum Gasteiger partial charge on any atom is 0.235 e. The van der Waals surface area contributed by atoms with E-state index in [2.05, 4.69) is 38.8 Å². The molecule has 1 aliphatic rings. The fraction of sp³-hybridized carbons (Fsp3) is 0.391. The van der Waals surface area contributed by atoms with E-state index in [9.17, 15) is 4.79 Å². The Labute approximate surface area is 181 Å². The van der Waals surface area contributed by atoms with Crippen molar-refractivity contribution in [1.29, 1.82) is 0 Å². The summed E-state index contributed by atoms with van der Waals surface area (Å²) in [5, 5.41) is 9.47. The molecule has 3 aromatic rings. The number of aromatic nitrogens is 4. The fourth-order valence-electron chi connectivity index (χ4n) is 3.82. The third-order valence-corrected chi connectivity index (χ3v) is 6.51. The van der Waals surface area contributed by atoms with E-state index in [0.717, 1.165) is 53.7 Å². The number of para-hydroxylation sites is 1. The molecule has 3 heterocycles. The van der Waals surface area contributed by atoms with Crippen molar-refractivity contribution >= 4 is 17.7 Å². The second-order valence-corrected chi connectivity index (χ2v) is 8.97. The van der Waals surface area contributed by atoms with E-state index in [-0.39, 0.29) is 11.2 Å². The molecule has 0 spiro atoms. The van der Waals surface area contributed by atoms with Crippen LogP contribution in [0.4, 0.5) is 0 Å². The van der Waals surface area contributed by atoms with E-state index < -0.39 is 0 Å². The highest BCUT2D eigenvalue weighted by atomic mass is 32.2. The van der Waals surface area contributed by atoms with Gasteiger partial charge in [0.15, 0.2) is 11.0 Å². The summed E-state index contributed by atoms with van der Waals surface area (Å²) >= 11 is 1.48. The van der Waals surface area contributed by atoms with Gasteiger partial charge in [0.25, 0.3) is 0 Å². The van der Waals surface area contributed by atoms with Crippen molar-refractivity contribution in [1.82, 2.24) is 24.6 Å². The van der Waals surface area contributed by atoms with Gasteiger partial charge in [0.05, 0.1) is 10.9 Å². The monoisotopic (exact) mass is 421 g/mol. The summed E-state index contributed by atoms with van der Waals surface area (Å²) in [5.41, 5.74) is 3.09. The van der Waals surface area contributed by atoms with Crippen LogP contribution in [0, 0.1) is 6.92 Å². The predicted octanol–water partition coefficient (Wildman–Crippen LogP) is 4.52. The number of hydrogen-bond donors (Lipinski definition) is 0. The summed E-state index contributed by atoms with van der Waals surface area (Å²) < 4.78 is 2.06. The minimum Gasteiger partial charge on any atom is -0.342 e. The minimum absolute atomic E-state index is 0.187. The molecule has 0 aliphatic carbocycles. The van der Waals surface area contributed by atoms with Gasteiger partial charge in [-0.2, -0.15) is 0 Å². The Bertz CT molecular complexity index is 996. The van der Waals surface area contributed by atoms with Gasteiger partial charge in [0.2, 0.25) is 5.91 Å². The number of thioether (sulfide) groups is 1. The molecule has 0 radical (unpaired) electrons.